The maximum Gasteiger partial charge on any atom is 0.433 e. The fourth-order valence-corrected chi connectivity index (χ4v) is 0.849. The van der Waals surface area contributed by atoms with Crippen LogP contribution in [0.1, 0.15) is 17.7 Å². The van der Waals surface area contributed by atoms with Crippen LogP contribution in [0, 0.1) is 5.95 Å². The molecular weight excluding hydrogens is 212 g/mol. The van der Waals surface area contributed by atoms with Gasteiger partial charge < -0.3 is 0 Å². The molecule has 1 rings (SSSR count). The van der Waals surface area contributed by atoms with E-state index in [1.54, 1.807) is 0 Å². The predicted molar refractivity (Wildman–Crippen MR) is 34.2 cm³/mol. The lowest BCUT2D eigenvalue weighted by atomic mass is 10.2. The highest BCUT2D eigenvalue weighted by Crippen LogP contribution is 2.34. The van der Waals surface area contributed by atoms with Crippen molar-refractivity contribution in [3.05, 3.63) is 29.3 Å². The molecule has 0 aliphatic rings. The Labute approximate surface area is 74.4 Å². The Bertz CT molecular complexity index is 331. The summed E-state index contributed by atoms with van der Waals surface area (Å²) in [6.45, 7) is 0. The summed E-state index contributed by atoms with van der Waals surface area (Å²) in [5.74, 6) is -1.44. The van der Waals surface area contributed by atoms with Crippen LogP contribution in [0.4, 0.5) is 26.3 Å². The number of aromatic nitrogens is 1. The van der Waals surface area contributed by atoms with Crippen molar-refractivity contribution in [3.8, 4) is 0 Å². The first-order chi connectivity index (χ1) is 6.32. The number of nitrogens with zero attached hydrogens (tertiary/aromatic N) is 1. The van der Waals surface area contributed by atoms with Gasteiger partial charge in [0.15, 0.2) is 5.69 Å². The Balaban J connectivity index is 3.30. The first-order valence-electron chi connectivity index (χ1n) is 3.34. The van der Waals surface area contributed by atoms with Crippen molar-refractivity contribution in [2.75, 3.05) is 0 Å². The second-order valence-corrected chi connectivity index (χ2v) is 2.37. The van der Waals surface area contributed by atoms with Gasteiger partial charge in [-0.1, -0.05) is 0 Å². The van der Waals surface area contributed by atoms with Gasteiger partial charge in [0.2, 0.25) is 5.95 Å². The van der Waals surface area contributed by atoms with E-state index in [1.807, 2.05) is 0 Å². The lowest BCUT2D eigenvalue weighted by Crippen LogP contribution is -2.13. The molecule has 0 saturated carbocycles. The summed E-state index contributed by atoms with van der Waals surface area (Å²) in [7, 11) is 0. The molecule has 0 bridgehead atoms. The molecule has 1 aromatic rings. The van der Waals surface area contributed by atoms with Gasteiger partial charge in [-0.3, -0.25) is 0 Å². The van der Waals surface area contributed by atoms with Gasteiger partial charge in [0.05, 0.1) is 0 Å². The highest BCUT2D eigenvalue weighted by molar-refractivity contribution is 5.23. The maximum absolute atomic E-state index is 12.3. The van der Waals surface area contributed by atoms with Crippen LogP contribution in [0.25, 0.3) is 0 Å². The van der Waals surface area contributed by atoms with Crippen LogP contribution in [-0.2, 0) is 6.18 Å². The summed E-state index contributed by atoms with van der Waals surface area (Å²) in [5.41, 5.74) is -3.20. The fourth-order valence-electron chi connectivity index (χ4n) is 0.849. The van der Waals surface area contributed by atoms with Crippen molar-refractivity contribution in [2.24, 2.45) is 0 Å². The molecule has 0 atom stereocenters. The minimum Gasteiger partial charge on any atom is -0.215 e. The summed E-state index contributed by atoms with van der Waals surface area (Å²) in [6, 6.07) is 0.826. The summed E-state index contributed by atoms with van der Waals surface area (Å²) in [5, 5.41) is 0. The molecule has 78 valence electrons. The molecule has 0 aromatic carbocycles. The van der Waals surface area contributed by atoms with Crippen molar-refractivity contribution >= 4 is 0 Å². The molecule has 1 nitrogen and oxygen atoms in total. The average Bonchev–Trinajstić information content (AvgIpc) is 2.01. The first-order valence-corrected chi connectivity index (χ1v) is 3.34. The molecule has 0 aliphatic heterocycles. The minimum absolute atomic E-state index is 0.371. The third-order valence-corrected chi connectivity index (χ3v) is 1.40. The zero-order valence-corrected chi connectivity index (χ0v) is 6.45. The summed E-state index contributed by atoms with van der Waals surface area (Å²) < 4.78 is 72.4. The van der Waals surface area contributed by atoms with E-state index < -0.39 is 29.8 Å². The quantitative estimate of drug-likeness (QED) is 0.517. The zero-order valence-electron chi connectivity index (χ0n) is 6.45. The maximum atomic E-state index is 12.3. The lowest BCUT2D eigenvalue weighted by molar-refractivity contribution is -0.143. The Morgan fingerprint density at radius 2 is 1.71 bits per heavy atom. The molecule has 1 heterocycles. The average molecular weight is 215 g/mol. The number of hydrogen-bond acceptors (Lipinski definition) is 1. The Kier molecular flexibility index (Phi) is 2.68. The van der Waals surface area contributed by atoms with Crippen molar-refractivity contribution < 1.29 is 26.3 Å². The summed E-state index contributed by atoms with van der Waals surface area (Å²) >= 11 is 0. The van der Waals surface area contributed by atoms with E-state index in [2.05, 4.69) is 4.98 Å². The first kappa shape index (κ1) is 10.8. The van der Waals surface area contributed by atoms with Gasteiger partial charge in [0.1, 0.15) is 0 Å². The van der Waals surface area contributed by atoms with Crippen LogP contribution in [0.5, 0.6) is 0 Å². The van der Waals surface area contributed by atoms with Gasteiger partial charge >= 0.3 is 6.18 Å². The van der Waals surface area contributed by atoms with Crippen LogP contribution in [-0.4, -0.2) is 4.98 Å². The highest BCUT2D eigenvalue weighted by Gasteiger charge is 2.38. The van der Waals surface area contributed by atoms with Crippen LogP contribution in [0.3, 0.4) is 0 Å². The highest BCUT2D eigenvalue weighted by atomic mass is 19.4. The SMILES string of the molecule is Fc1ccc(C(F)F)c(C(F)(F)F)n1. The standard InChI is InChI=1S/C7H3F6N/c8-4-2-1-3(6(9)10)5(14-4)7(11,12)13/h1-2,6H. The van der Waals surface area contributed by atoms with Crippen molar-refractivity contribution in [1.82, 2.24) is 4.98 Å². The number of halogens is 6. The second-order valence-electron chi connectivity index (χ2n) is 2.37. The molecule has 0 fully saturated rings. The van der Waals surface area contributed by atoms with Gasteiger partial charge in [-0.25, -0.2) is 13.8 Å². The Hall–Kier alpha value is -1.27. The van der Waals surface area contributed by atoms with Gasteiger partial charge in [-0.05, 0) is 12.1 Å². The molecule has 0 unspecified atom stereocenters. The van der Waals surface area contributed by atoms with E-state index in [9.17, 15) is 26.3 Å². The van der Waals surface area contributed by atoms with E-state index in [0.29, 0.717) is 12.1 Å². The number of pyridine rings is 1. The molecule has 0 radical (unpaired) electrons. The number of rotatable bonds is 1. The number of hydrogen-bond donors (Lipinski definition) is 0. The summed E-state index contributed by atoms with van der Waals surface area (Å²) in [6.07, 6.45) is -8.41. The zero-order chi connectivity index (χ0) is 10.9. The smallest absolute Gasteiger partial charge is 0.215 e. The van der Waals surface area contributed by atoms with E-state index >= 15 is 0 Å². The Morgan fingerprint density at radius 1 is 1.14 bits per heavy atom. The monoisotopic (exact) mass is 215 g/mol. The third kappa shape index (κ3) is 2.15. The van der Waals surface area contributed by atoms with Gasteiger partial charge in [-0.15, -0.1) is 0 Å². The van der Waals surface area contributed by atoms with E-state index in [-0.39, 0.29) is 0 Å². The molecule has 0 amide bonds. The third-order valence-electron chi connectivity index (χ3n) is 1.40. The number of alkyl halides is 5. The summed E-state index contributed by atoms with van der Waals surface area (Å²) in [4.78, 5) is 2.39. The Morgan fingerprint density at radius 3 is 2.14 bits per heavy atom. The molecule has 0 saturated heterocycles. The van der Waals surface area contributed by atoms with Crippen LogP contribution in [0.2, 0.25) is 0 Å². The molecule has 1 aromatic heterocycles. The van der Waals surface area contributed by atoms with Gasteiger partial charge in [0, 0.05) is 5.56 Å². The second kappa shape index (κ2) is 3.47. The van der Waals surface area contributed by atoms with Crippen molar-refractivity contribution in [2.45, 2.75) is 12.6 Å². The van der Waals surface area contributed by atoms with E-state index in [4.69, 9.17) is 0 Å². The molecule has 14 heavy (non-hydrogen) atoms. The molecule has 0 N–H and O–H groups in total. The predicted octanol–water partition coefficient (Wildman–Crippen LogP) is 3.18. The normalized spacial score (nSPS) is 12.2. The molecular formula is C7H3F6N. The van der Waals surface area contributed by atoms with Crippen LogP contribution < -0.4 is 0 Å². The van der Waals surface area contributed by atoms with Crippen molar-refractivity contribution in [1.29, 1.82) is 0 Å². The van der Waals surface area contributed by atoms with E-state index in [0.717, 1.165) is 0 Å². The molecule has 0 spiro atoms. The van der Waals surface area contributed by atoms with Crippen molar-refractivity contribution in [3.63, 3.8) is 0 Å². The largest absolute Gasteiger partial charge is 0.433 e. The molecule has 0 aliphatic carbocycles. The van der Waals surface area contributed by atoms with Crippen LogP contribution >= 0.6 is 0 Å². The molecule has 7 heteroatoms. The lowest BCUT2D eigenvalue weighted by Gasteiger charge is -2.10. The van der Waals surface area contributed by atoms with Crippen LogP contribution in [0.15, 0.2) is 12.1 Å². The van der Waals surface area contributed by atoms with E-state index in [1.165, 1.54) is 0 Å². The van der Waals surface area contributed by atoms with Gasteiger partial charge in [-0.2, -0.15) is 17.6 Å². The van der Waals surface area contributed by atoms with Gasteiger partial charge in [0.25, 0.3) is 6.43 Å². The fraction of sp³-hybridized carbons (Fsp3) is 0.286. The minimum atomic E-state index is -5.08. The topological polar surface area (TPSA) is 12.9 Å².